The molecule has 0 N–H and O–H groups in total. The Balaban J connectivity index is 1.69. The van der Waals surface area contributed by atoms with E-state index in [1.165, 1.54) is 25.9 Å². The van der Waals surface area contributed by atoms with E-state index < -0.39 is 0 Å². The second-order valence-corrected chi connectivity index (χ2v) is 7.70. The van der Waals surface area contributed by atoms with Crippen LogP contribution in [0.3, 0.4) is 0 Å². The third kappa shape index (κ3) is 4.78. The Kier molecular flexibility index (Phi) is 5.50. The maximum Gasteiger partial charge on any atom is 0.120 e. The number of hydrogen-bond donors (Lipinski definition) is 0. The van der Waals surface area contributed by atoms with Crippen LogP contribution in [0.2, 0.25) is 0 Å². The van der Waals surface area contributed by atoms with Crippen LogP contribution in [-0.2, 0) is 0 Å². The third-order valence-electron chi connectivity index (χ3n) is 4.28. The van der Waals surface area contributed by atoms with Crippen LogP contribution in [0.25, 0.3) is 0 Å². The van der Waals surface area contributed by atoms with Crippen LogP contribution in [0, 0.1) is 11.3 Å². The average Bonchev–Trinajstić information content (AvgIpc) is 2.38. The normalized spacial score (nSPS) is 18.2. The van der Waals surface area contributed by atoms with E-state index >= 15 is 0 Å². The van der Waals surface area contributed by atoms with Gasteiger partial charge in [0.2, 0.25) is 0 Å². The number of hydrogen-bond acceptors (Lipinski definition) is 2. The minimum absolute atomic E-state index is 0.457. The molecule has 2 nitrogen and oxygen atoms in total. The average molecular weight is 340 g/mol. The van der Waals surface area contributed by atoms with Gasteiger partial charge in [-0.25, -0.2) is 0 Å². The molecule has 1 aliphatic heterocycles. The summed E-state index contributed by atoms with van der Waals surface area (Å²) in [6.45, 7) is 11.3. The van der Waals surface area contributed by atoms with Crippen LogP contribution in [0.5, 0.6) is 5.75 Å². The molecule has 1 heterocycles. The van der Waals surface area contributed by atoms with E-state index in [1.54, 1.807) is 0 Å². The number of ether oxygens (including phenoxy) is 1. The molecule has 112 valence electrons. The van der Waals surface area contributed by atoms with Gasteiger partial charge in [0, 0.05) is 11.0 Å². The van der Waals surface area contributed by atoms with E-state index in [-0.39, 0.29) is 0 Å². The highest BCUT2D eigenvalue weighted by Gasteiger charge is 2.28. The highest BCUT2D eigenvalue weighted by atomic mass is 79.9. The van der Waals surface area contributed by atoms with E-state index in [0.717, 1.165) is 29.3 Å². The van der Waals surface area contributed by atoms with Crippen LogP contribution in [-0.4, -0.2) is 31.1 Å². The van der Waals surface area contributed by atoms with Gasteiger partial charge in [-0.3, -0.25) is 4.90 Å². The molecular weight excluding hydrogens is 314 g/mol. The summed E-state index contributed by atoms with van der Waals surface area (Å²) in [5.74, 6) is 1.81. The van der Waals surface area contributed by atoms with E-state index in [9.17, 15) is 0 Å². The minimum Gasteiger partial charge on any atom is -0.492 e. The lowest BCUT2D eigenvalue weighted by atomic mass is 9.75. The molecule has 0 saturated carbocycles. The van der Waals surface area contributed by atoms with Crippen molar-refractivity contribution in [3.05, 3.63) is 28.7 Å². The van der Waals surface area contributed by atoms with Gasteiger partial charge in [0.25, 0.3) is 0 Å². The number of halogens is 1. The monoisotopic (exact) mass is 339 g/mol. The number of piperidine rings is 1. The Hall–Kier alpha value is -0.540. The summed E-state index contributed by atoms with van der Waals surface area (Å²) < 4.78 is 6.88. The van der Waals surface area contributed by atoms with Crippen LogP contribution in [0.4, 0.5) is 0 Å². The van der Waals surface area contributed by atoms with E-state index in [2.05, 4.69) is 41.6 Å². The third-order valence-corrected chi connectivity index (χ3v) is 4.78. The summed E-state index contributed by atoms with van der Waals surface area (Å²) in [7, 11) is 0. The first-order valence-electron chi connectivity index (χ1n) is 7.56. The minimum atomic E-state index is 0.457. The van der Waals surface area contributed by atoms with Crippen LogP contribution >= 0.6 is 15.9 Å². The van der Waals surface area contributed by atoms with Crippen molar-refractivity contribution in [3.8, 4) is 5.75 Å². The lowest BCUT2D eigenvalue weighted by Crippen LogP contribution is -2.39. The SMILES string of the molecule is CC(C)(C)C1CCN(CCOc2cccc(Br)c2)CC1. The largest absolute Gasteiger partial charge is 0.492 e. The Morgan fingerprint density at radius 3 is 2.55 bits per heavy atom. The summed E-state index contributed by atoms with van der Waals surface area (Å²) in [4.78, 5) is 2.53. The number of nitrogens with zero attached hydrogens (tertiary/aromatic N) is 1. The van der Waals surface area contributed by atoms with E-state index in [4.69, 9.17) is 4.74 Å². The molecule has 0 spiro atoms. The van der Waals surface area contributed by atoms with E-state index in [1.807, 2.05) is 24.3 Å². The number of likely N-dealkylation sites (tertiary alicyclic amines) is 1. The van der Waals surface area contributed by atoms with Gasteiger partial charge in [-0.2, -0.15) is 0 Å². The smallest absolute Gasteiger partial charge is 0.120 e. The number of benzene rings is 1. The highest BCUT2D eigenvalue weighted by molar-refractivity contribution is 9.10. The molecule has 0 unspecified atom stereocenters. The van der Waals surface area contributed by atoms with Gasteiger partial charge < -0.3 is 4.74 Å². The van der Waals surface area contributed by atoms with Gasteiger partial charge in [-0.1, -0.05) is 42.8 Å². The second-order valence-electron chi connectivity index (χ2n) is 6.79. The zero-order valence-electron chi connectivity index (χ0n) is 12.9. The van der Waals surface area contributed by atoms with Crippen molar-refractivity contribution in [2.45, 2.75) is 33.6 Å². The summed E-state index contributed by atoms with van der Waals surface area (Å²) in [5.41, 5.74) is 0.457. The Morgan fingerprint density at radius 1 is 1.25 bits per heavy atom. The van der Waals surface area contributed by atoms with Crippen molar-refractivity contribution in [1.82, 2.24) is 4.90 Å². The molecule has 1 aromatic rings. The summed E-state index contributed by atoms with van der Waals surface area (Å²) in [6, 6.07) is 8.06. The Bertz CT molecular complexity index is 419. The van der Waals surface area contributed by atoms with Crippen molar-refractivity contribution < 1.29 is 4.74 Å². The molecule has 3 heteroatoms. The molecule has 0 amide bonds. The quantitative estimate of drug-likeness (QED) is 0.795. The van der Waals surface area contributed by atoms with Crippen molar-refractivity contribution in [3.63, 3.8) is 0 Å². The predicted molar refractivity (Wildman–Crippen MR) is 88.3 cm³/mol. The zero-order chi connectivity index (χ0) is 14.6. The lowest BCUT2D eigenvalue weighted by Gasteiger charge is -2.38. The van der Waals surface area contributed by atoms with Crippen molar-refractivity contribution in [1.29, 1.82) is 0 Å². The maximum absolute atomic E-state index is 5.81. The predicted octanol–water partition coefficient (Wildman–Crippen LogP) is 4.59. The van der Waals surface area contributed by atoms with E-state index in [0.29, 0.717) is 5.41 Å². The van der Waals surface area contributed by atoms with Gasteiger partial charge in [0.15, 0.2) is 0 Å². The first kappa shape index (κ1) is 15.8. The first-order chi connectivity index (χ1) is 9.45. The molecule has 1 aliphatic rings. The van der Waals surface area contributed by atoms with Gasteiger partial charge in [0.1, 0.15) is 12.4 Å². The van der Waals surface area contributed by atoms with Gasteiger partial charge in [-0.05, 0) is 55.5 Å². The van der Waals surface area contributed by atoms with Crippen molar-refractivity contribution in [2.24, 2.45) is 11.3 Å². The van der Waals surface area contributed by atoms with Gasteiger partial charge in [-0.15, -0.1) is 0 Å². The van der Waals surface area contributed by atoms with Gasteiger partial charge >= 0.3 is 0 Å². The summed E-state index contributed by atoms with van der Waals surface area (Å²) in [5, 5.41) is 0. The van der Waals surface area contributed by atoms with Crippen LogP contribution < -0.4 is 4.74 Å². The fourth-order valence-corrected chi connectivity index (χ4v) is 3.25. The molecule has 1 aromatic carbocycles. The van der Waals surface area contributed by atoms with Crippen molar-refractivity contribution in [2.75, 3.05) is 26.2 Å². The fraction of sp³-hybridized carbons (Fsp3) is 0.647. The van der Waals surface area contributed by atoms with Crippen molar-refractivity contribution >= 4 is 15.9 Å². The topological polar surface area (TPSA) is 12.5 Å². The maximum atomic E-state index is 5.81. The zero-order valence-corrected chi connectivity index (χ0v) is 14.4. The molecular formula is C17H26BrNO. The molecule has 1 fully saturated rings. The molecule has 2 rings (SSSR count). The van der Waals surface area contributed by atoms with Crippen LogP contribution in [0.15, 0.2) is 28.7 Å². The summed E-state index contributed by atoms with van der Waals surface area (Å²) >= 11 is 3.47. The highest BCUT2D eigenvalue weighted by Crippen LogP contribution is 2.34. The Morgan fingerprint density at radius 2 is 1.95 bits per heavy atom. The molecule has 0 bridgehead atoms. The second kappa shape index (κ2) is 6.95. The molecule has 0 atom stereocenters. The molecule has 0 aliphatic carbocycles. The molecule has 0 aromatic heterocycles. The van der Waals surface area contributed by atoms with Gasteiger partial charge in [0.05, 0.1) is 0 Å². The summed E-state index contributed by atoms with van der Waals surface area (Å²) in [6.07, 6.45) is 2.64. The molecule has 20 heavy (non-hydrogen) atoms. The van der Waals surface area contributed by atoms with Crippen LogP contribution in [0.1, 0.15) is 33.6 Å². The standard InChI is InChI=1S/C17H26BrNO/c1-17(2,3)14-7-9-19(10-8-14)11-12-20-16-6-4-5-15(18)13-16/h4-6,13-14H,7-12H2,1-3H3. The number of rotatable bonds is 4. The molecule has 1 saturated heterocycles. The Labute approximate surface area is 131 Å². The lowest BCUT2D eigenvalue weighted by molar-refractivity contribution is 0.101. The fourth-order valence-electron chi connectivity index (χ4n) is 2.87. The molecule has 0 radical (unpaired) electrons. The first-order valence-corrected chi connectivity index (χ1v) is 8.35.